The van der Waals surface area contributed by atoms with Gasteiger partial charge in [-0.15, -0.1) is 0 Å². The van der Waals surface area contributed by atoms with Crippen LogP contribution in [-0.4, -0.2) is 13.7 Å². The van der Waals surface area contributed by atoms with Crippen LogP contribution in [0, 0.1) is 11.6 Å². The summed E-state index contributed by atoms with van der Waals surface area (Å²) >= 11 is 0. The minimum Gasteiger partial charge on any atom is -0.497 e. The summed E-state index contributed by atoms with van der Waals surface area (Å²) in [4.78, 5) is 0. The van der Waals surface area contributed by atoms with E-state index in [1.165, 1.54) is 12.1 Å². The Morgan fingerprint density at radius 1 is 0.731 bits per heavy atom. The predicted molar refractivity (Wildman–Crippen MR) is 90.4 cm³/mol. The molecule has 3 aromatic rings. The quantitative estimate of drug-likeness (QED) is 0.526. The molecule has 0 radical (unpaired) electrons. The summed E-state index contributed by atoms with van der Waals surface area (Å²) < 4.78 is 61.9. The van der Waals surface area contributed by atoms with E-state index in [2.05, 4.69) is 4.74 Å². The first-order valence-electron chi connectivity index (χ1n) is 7.66. The molecule has 0 aliphatic heterocycles. The van der Waals surface area contributed by atoms with Crippen molar-refractivity contribution in [3.8, 4) is 33.8 Å². The highest BCUT2D eigenvalue weighted by atomic mass is 19.3. The summed E-state index contributed by atoms with van der Waals surface area (Å²) in [6, 6.07) is 14.9. The van der Waals surface area contributed by atoms with Gasteiger partial charge in [-0.3, -0.25) is 0 Å². The van der Waals surface area contributed by atoms with Crippen molar-refractivity contribution < 1.29 is 27.0 Å². The van der Waals surface area contributed by atoms with Crippen molar-refractivity contribution in [1.29, 1.82) is 0 Å². The van der Waals surface area contributed by atoms with Crippen LogP contribution >= 0.6 is 0 Å². The van der Waals surface area contributed by atoms with Gasteiger partial charge in [0.25, 0.3) is 0 Å². The third-order valence-corrected chi connectivity index (χ3v) is 3.85. The molecule has 3 rings (SSSR count). The van der Waals surface area contributed by atoms with E-state index in [1.54, 1.807) is 43.5 Å². The van der Waals surface area contributed by atoms with Crippen molar-refractivity contribution >= 4 is 0 Å². The Labute approximate surface area is 147 Å². The SMILES string of the molecule is COc1ccc(-c2ccc(-c3ccc(OC(F)F)c(F)c3)cc2F)cc1. The van der Waals surface area contributed by atoms with Crippen molar-refractivity contribution in [2.75, 3.05) is 7.11 Å². The Kier molecular flexibility index (Phi) is 5.11. The highest BCUT2D eigenvalue weighted by Gasteiger charge is 2.12. The van der Waals surface area contributed by atoms with Gasteiger partial charge in [0.2, 0.25) is 0 Å². The number of ether oxygens (including phenoxy) is 2. The van der Waals surface area contributed by atoms with Gasteiger partial charge in [0.1, 0.15) is 11.6 Å². The van der Waals surface area contributed by atoms with Crippen LogP contribution in [0.1, 0.15) is 0 Å². The van der Waals surface area contributed by atoms with E-state index in [1.807, 2.05) is 0 Å². The molecule has 134 valence electrons. The Morgan fingerprint density at radius 3 is 1.85 bits per heavy atom. The van der Waals surface area contributed by atoms with Crippen molar-refractivity contribution in [1.82, 2.24) is 0 Å². The Bertz CT molecular complexity index is 908. The fraction of sp³-hybridized carbons (Fsp3) is 0.100. The van der Waals surface area contributed by atoms with Crippen molar-refractivity contribution in [2.24, 2.45) is 0 Å². The first-order chi connectivity index (χ1) is 12.5. The molecule has 0 spiro atoms. The number of hydrogen-bond donors (Lipinski definition) is 0. The van der Waals surface area contributed by atoms with Crippen LogP contribution < -0.4 is 9.47 Å². The third kappa shape index (κ3) is 3.79. The number of alkyl halides is 2. The topological polar surface area (TPSA) is 18.5 Å². The van der Waals surface area contributed by atoms with Crippen molar-refractivity contribution in [3.63, 3.8) is 0 Å². The predicted octanol–water partition coefficient (Wildman–Crippen LogP) is 5.91. The van der Waals surface area contributed by atoms with E-state index < -0.39 is 24.0 Å². The second kappa shape index (κ2) is 7.47. The Morgan fingerprint density at radius 2 is 1.31 bits per heavy atom. The monoisotopic (exact) mass is 362 g/mol. The van der Waals surface area contributed by atoms with Gasteiger partial charge in [0.15, 0.2) is 11.6 Å². The summed E-state index contributed by atoms with van der Waals surface area (Å²) in [6.07, 6.45) is 0. The maximum atomic E-state index is 14.5. The molecular formula is C20H14F4O2. The van der Waals surface area contributed by atoms with E-state index in [0.717, 1.165) is 12.1 Å². The molecule has 0 N–H and O–H groups in total. The molecule has 0 saturated carbocycles. The minimum atomic E-state index is -3.11. The first-order valence-corrected chi connectivity index (χ1v) is 7.66. The van der Waals surface area contributed by atoms with Crippen LogP contribution in [0.5, 0.6) is 11.5 Å². The van der Waals surface area contributed by atoms with Crippen molar-refractivity contribution in [3.05, 3.63) is 72.3 Å². The third-order valence-electron chi connectivity index (χ3n) is 3.85. The molecule has 0 aromatic heterocycles. The van der Waals surface area contributed by atoms with Gasteiger partial charge >= 0.3 is 6.61 Å². The second-order valence-electron chi connectivity index (χ2n) is 5.45. The summed E-state index contributed by atoms with van der Waals surface area (Å²) in [5.74, 6) is -1.32. The van der Waals surface area contributed by atoms with Gasteiger partial charge in [-0.1, -0.05) is 30.3 Å². The Balaban J connectivity index is 1.90. The maximum absolute atomic E-state index is 14.5. The molecule has 0 aliphatic rings. The lowest BCUT2D eigenvalue weighted by atomic mass is 9.99. The van der Waals surface area contributed by atoms with Gasteiger partial charge in [-0.05, 0) is 47.0 Å². The number of benzene rings is 3. The van der Waals surface area contributed by atoms with Crippen LogP contribution in [0.25, 0.3) is 22.3 Å². The number of halogens is 4. The van der Waals surface area contributed by atoms with Crippen LogP contribution in [0.4, 0.5) is 17.6 Å². The maximum Gasteiger partial charge on any atom is 0.387 e. The summed E-state index contributed by atoms with van der Waals surface area (Å²) in [6.45, 7) is -3.11. The summed E-state index contributed by atoms with van der Waals surface area (Å²) in [5, 5.41) is 0. The van der Waals surface area contributed by atoms with Crippen LogP contribution in [0.15, 0.2) is 60.7 Å². The minimum absolute atomic E-state index is 0.351. The molecule has 0 fully saturated rings. The lowest BCUT2D eigenvalue weighted by Crippen LogP contribution is -2.03. The van der Waals surface area contributed by atoms with E-state index >= 15 is 0 Å². The largest absolute Gasteiger partial charge is 0.497 e. The molecule has 0 aliphatic carbocycles. The van der Waals surface area contributed by atoms with Gasteiger partial charge in [0, 0.05) is 5.56 Å². The number of hydrogen-bond acceptors (Lipinski definition) is 2. The molecule has 0 atom stereocenters. The van der Waals surface area contributed by atoms with Gasteiger partial charge in [0.05, 0.1) is 7.11 Å². The molecule has 3 aromatic carbocycles. The molecular weight excluding hydrogens is 348 g/mol. The molecule has 0 amide bonds. The fourth-order valence-electron chi connectivity index (χ4n) is 2.57. The van der Waals surface area contributed by atoms with Crippen molar-refractivity contribution in [2.45, 2.75) is 6.61 Å². The molecule has 0 bridgehead atoms. The molecule has 6 heteroatoms. The van der Waals surface area contributed by atoms with Gasteiger partial charge in [-0.25, -0.2) is 8.78 Å². The smallest absolute Gasteiger partial charge is 0.387 e. The zero-order chi connectivity index (χ0) is 18.7. The second-order valence-corrected chi connectivity index (χ2v) is 5.45. The van der Waals surface area contributed by atoms with E-state index in [0.29, 0.717) is 28.0 Å². The summed E-state index contributed by atoms with van der Waals surface area (Å²) in [7, 11) is 1.54. The lowest BCUT2D eigenvalue weighted by Gasteiger charge is -2.10. The molecule has 0 unspecified atom stereocenters. The zero-order valence-corrected chi connectivity index (χ0v) is 13.7. The zero-order valence-electron chi connectivity index (χ0n) is 13.7. The Hall–Kier alpha value is -3.02. The average molecular weight is 362 g/mol. The van der Waals surface area contributed by atoms with E-state index in [9.17, 15) is 17.6 Å². The normalized spacial score (nSPS) is 10.8. The summed E-state index contributed by atoms with van der Waals surface area (Å²) in [5.41, 5.74) is 1.82. The molecule has 0 saturated heterocycles. The molecule has 0 heterocycles. The average Bonchev–Trinajstić information content (AvgIpc) is 2.63. The van der Waals surface area contributed by atoms with Gasteiger partial charge in [-0.2, -0.15) is 8.78 Å². The van der Waals surface area contributed by atoms with Crippen LogP contribution in [-0.2, 0) is 0 Å². The standard InChI is InChI=1S/C20H14F4O2/c1-25-15-6-2-12(3-7-15)16-8-4-13(10-17(16)21)14-5-9-19(18(22)11-14)26-20(23)24/h2-11,20H,1H3. The lowest BCUT2D eigenvalue weighted by molar-refractivity contribution is -0.0521. The van der Waals surface area contributed by atoms with Gasteiger partial charge < -0.3 is 9.47 Å². The van der Waals surface area contributed by atoms with Crippen LogP contribution in [0.2, 0.25) is 0 Å². The van der Waals surface area contributed by atoms with E-state index in [4.69, 9.17) is 4.74 Å². The number of methoxy groups -OCH3 is 1. The van der Waals surface area contributed by atoms with E-state index in [-0.39, 0.29) is 0 Å². The highest BCUT2D eigenvalue weighted by molar-refractivity contribution is 5.71. The molecule has 26 heavy (non-hydrogen) atoms. The fourth-order valence-corrected chi connectivity index (χ4v) is 2.57. The highest BCUT2D eigenvalue weighted by Crippen LogP contribution is 2.31. The number of rotatable bonds is 5. The molecule has 2 nitrogen and oxygen atoms in total. The van der Waals surface area contributed by atoms with Crippen LogP contribution in [0.3, 0.4) is 0 Å². The first kappa shape index (κ1) is 17.8.